The van der Waals surface area contributed by atoms with Crippen LogP contribution in [0.1, 0.15) is 42.9 Å². The summed E-state index contributed by atoms with van der Waals surface area (Å²) in [6.07, 6.45) is 3.55. The summed E-state index contributed by atoms with van der Waals surface area (Å²) in [5.74, 6) is 0.335. The van der Waals surface area contributed by atoms with E-state index in [4.69, 9.17) is 11.6 Å². The number of amides is 2. The average Bonchev–Trinajstić information content (AvgIpc) is 2.64. The number of aromatic nitrogens is 1. The Morgan fingerprint density at radius 3 is 2.46 bits per heavy atom. The number of hydrogen-bond acceptors (Lipinski definition) is 2. The van der Waals surface area contributed by atoms with Crippen LogP contribution in [-0.2, 0) is 7.05 Å². The summed E-state index contributed by atoms with van der Waals surface area (Å²) in [7, 11) is 1.75. The minimum atomic E-state index is -0.0744. The molecule has 3 rings (SSSR count). The summed E-state index contributed by atoms with van der Waals surface area (Å²) >= 11 is 5.91. The lowest BCUT2D eigenvalue weighted by molar-refractivity contribution is 0.178. The number of halogens is 1. The molecule has 1 aliphatic rings. The third-order valence-corrected chi connectivity index (χ3v) is 5.34. The summed E-state index contributed by atoms with van der Waals surface area (Å²) in [6.45, 7) is 3.35. The van der Waals surface area contributed by atoms with Gasteiger partial charge in [-0.2, -0.15) is 0 Å². The zero-order chi connectivity index (χ0) is 18.7. The van der Waals surface area contributed by atoms with E-state index in [1.165, 1.54) is 0 Å². The fourth-order valence-corrected chi connectivity index (χ4v) is 3.47. The smallest absolute Gasteiger partial charge is 0.317 e. The summed E-state index contributed by atoms with van der Waals surface area (Å²) in [5.41, 5.74) is 2.11. The molecule has 6 heteroatoms. The Morgan fingerprint density at radius 2 is 1.85 bits per heavy atom. The van der Waals surface area contributed by atoms with Gasteiger partial charge in [-0.15, -0.1) is 0 Å². The second-order valence-electron chi connectivity index (χ2n) is 6.89. The van der Waals surface area contributed by atoms with Crippen LogP contribution in [0, 0.1) is 0 Å². The predicted molar refractivity (Wildman–Crippen MR) is 104 cm³/mol. The molecule has 138 valence electrons. The Hall–Kier alpha value is -2.27. The molecule has 1 aromatic heterocycles. The highest BCUT2D eigenvalue weighted by molar-refractivity contribution is 6.30. The lowest BCUT2D eigenvalue weighted by Gasteiger charge is -2.33. The second kappa shape index (κ2) is 7.96. The fraction of sp³-hybridized carbons (Fsp3) is 0.400. The van der Waals surface area contributed by atoms with Crippen LogP contribution in [0.25, 0.3) is 0 Å². The number of hydrogen-bond donors (Lipinski definition) is 1. The first-order valence-corrected chi connectivity index (χ1v) is 9.29. The van der Waals surface area contributed by atoms with Gasteiger partial charge in [-0.05, 0) is 55.0 Å². The number of carbonyl (C=O) groups is 1. The molecular weight excluding hydrogens is 350 g/mol. The normalized spacial score (nSPS) is 16.3. The molecule has 0 saturated carbocycles. The van der Waals surface area contributed by atoms with Crippen molar-refractivity contribution in [2.24, 2.45) is 7.05 Å². The van der Waals surface area contributed by atoms with Crippen molar-refractivity contribution in [2.75, 3.05) is 13.1 Å². The van der Waals surface area contributed by atoms with E-state index in [0.29, 0.717) is 24.0 Å². The Kier molecular flexibility index (Phi) is 5.67. The summed E-state index contributed by atoms with van der Waals surface area (Å²) < 4.78 is 1.57. The number of rotatable bonds is 3. The molecule has 5 nitrogen and oxygen atoms in total. The van der Waals surface area contributed by atoms with Crippen LogP contribution in [0.4, 0.5) is 4.79 Å². The number of nitrogens with zero attached hydrogens (tertiary/aromatic N) is 2. The van der Waals surface area contributed by atoms with Crippen LogP contribution < -0.4 is 10.9 Å². The van der Waals surface area contributed by atoms with Gasteiger partial charge in [0.25, 0.3) is 5.56 Å². The van der Waals surface area contributed by atoms with E-state index in [2.05, 4.69) is 5.32 Å². The van der Waals surface area contributed by atoms with Crippen LogP contribution in [0.5, 0.6) is 0 Å². The standard InChI is InChI=1S/C20H24ClN3O2/c1-14(15-3-5-18(21)6-4-15)22-20(26)24-11-8-16(9-12-24)17-7-10-23(2)19(25)13-17/h3-7,10,13-14,16H,8-9,11-12H2,1-2H3,(H,22,26)/t14-/m1/s1. The molecule has 2 amide bonds. The average molecular weight is 374 g/mol. The van der Waals surface area contributed by atoms with E-state index in [1.807, 2.05) is 48.4 Å². The van der Waals surface area contributed by atoms with Gasteiger partial charge in [-0.1, -0.05) is 23.7 Å². The zero-order valence-electron chi connectivity index (χ0n) is 15.1. The number of urea groups is 1. The van der Waals surface area contributed by atoms with E-state index in [0.717, 1.165) is 24.0 Å². The van der Waals surface area contributed by atoms with Gasteiger partial charge in [0.2, 0.25) is 0 Å². The van der Waals surface area contributed by atoms with Gasteiger partial charge in [-0.3, -0.25) is 4.79 Å². The molecule has 2 heterocycles. The molecule has 0 radical (unpaired) electrons. The van der Waals surface area contributed by atoms with Crippen molar-refractivity contribution in [2.45, 2.75) is 31.7 Å². The molecule has 0 spiro atoms. The molecular formula is C20H24ClN3O2. The molecule has 0 unspecified atom stereocenters. The maximum Gasteiger partial charge on any atom is 0.317 e. The molecule has 1 atom stereocenters. The van der Waals surface area contributed by atoms with Crippen LogP contribution in [0.3, 0.4) is 0 Å². The van der Waals surface area contributed by atoms with E-state index in [1.54, 1.807) is 17.7 Å². The van der Waals surface area contributed by atoms with Crippen molar-refractivity contribution in [3.05, 3.63) is 69.1 Å². The lowest BCUT2D eigenvalue weighted by Crippen LogP contribution is -2.44. The predicted octanol–water partition coefficient (Wildman–Crippen LogP) is 3.69. The quantitative estimate of drug-likeness (QED) is 0.892. The lowest BCUT2D eigenvalue weighted by atomic mass is 9.90. The monoisotopic (exact) mass is 373 g/mol. The van der Waals surface area contributed by atoms with Crippen LogP contribution in [0.2, 0.25) is 5.02 Å². The molecule has 1 fully saturated rings. The topological polar surface area (TPSA) is 54.3 Å². The van der Waals surface area contributed by atoms with E-state index in [-0.39, 0.29) is 17.6 Å². The van der Waals surface area contributed by atoms with E-state index >= 15 is 0 Å². The van der Waals surface area contributed by atoms with Crippen molar-refractivity contribution in [3.63, 3.8) is 0 Å². The van der Waals surface area contributed by atoms with Crippen molar-refractivity contribution < 1.29 is 4.79 Å². The highest BCUT2D eigenvalue weighted by Crippen LogP contribution is 2.27. The molecule has 1 N–H and O–H groups in total. The maximum absolute atomic E-state index is 12.5. The van der Waals surface area contributed by atoms with Gasteiger partial charge in [-0.25, -0.2) is 4.79 Å². The Labute approximate surface area is 158 Å². The highest BCUT2D eigenvalue weighted by Gasteiger charge is 2.25. The van der Waals surface area contributed by atoms with Gasteiger partial charge in [0.05, 0.1) is 6.04 Å². The number of nitrogens with one attached hydrogen (secondary N) is 1. The summed E-state index contributed by atoms with van der Waals surface area (Å²) in [6, 6.07) is 11.1. The van der Waals surface area contributed by atoms with Crippen molar-refractivity contribution in [1.29, 1.82) is 0 Å². The molecule has 1 aromatic carbocycles. The fourth-order valence-electron chi connectivity index (χ4n) is 3.34. The van der Waals surface area contributed by atoms with Crippen LogP contribution in [-0.4, -0.2) is 28.6 Å². The summed E-state index contributed by atoms with van der Waals surface area (Å²) in [5, 5.41) is 3.73. The van der Waals surface area contributed by atoms with Crippen LogP contribution >= 0.6 is 11.6 Å². The number of likely N-dealkylation sites (tertiary alicyclic amines) is 1. The minimum absolute atomic E-state index is 0.0134. The van der Waals surface area contributed by atoms with Crippen molar-refractivity contribution >= 4 is 17.6 Å². The third-order valence-electron chi connectivity index (χ3n) is 5.09. The number of carbonyl (C=O) groups excluding carboxylic acids is 1. The Morgan fingerprint density at radius 1 is 1.19 bits per heavy atom. The number of piperidine rings is 1. The molecule has 0 bridgehead atoms. The van der Waals surface area contributed by atoms with Crippen molar-refractivity contribution in [1.82, 2.24) is 14.8 Å². The number of aryl methyl sites for hydroxylation is 1. The molecule has 1 saturated heterocycles. The van der Waals surface area contributed by atoms with Gasteiger partial charge < -0.3 is 14.8 Å². The first kappa shape index (κ1) is 18.5. The molecule has 26 heavy (non-hydrogen) atoms. The molecule has 2 aromatic rings. The third kappa shape index (κ3) is 4.28. The van der Waals surface area contributed by atoms with Gasteiger partial charge in [0.15, 0.2) is 0 Å². The molecule has 1 aliphatic heterocycles. The second-order valence-corrected chi connectivity index (χ2v) is 7.33. The highest BCUT2D eigenvalue weighted by atomic mass is 35.5. The number of pyridine rings is 1. The number of benzene rings is 1. The van der Waals surface area contributed by atoms with Crippen molar-refractivity contribution in [3.8, 4) is 0 Å². The van der Waals surface area contributed by atoms with Crippen LogP contribution in [0.15, 0.2) is 47.4 Å². The first-order chi connectivity index (χ1) is 12.4. The van der Waals surface area contributed by atoms with E-state index in [9.17, 15) is 9.59 Å². The van der Waals surface area contributed by atoms with Gasteiger partial charge in [0, 0.05) is 37.4 Å². The van der Waals surface area contributed by atoms with Gasteiger partial charge in [0.1, 0.15) is 0 Å². The van der Waals surface area contributed by atoms with E-state index < -0.39 is 0 Å². The first-order valence-electron chi connectivity index (χ1n) is 8.91. The zero-order valence-corrected chi connectivity index (χ0v) is 15.9. The Bertz CT molecular complexity index is 824. The molecule has 0 aliphatic carbocycles. The maximum atomic E-state index is 12.5. The Balaban J connectivity index is 1.55. The largest absolute Gasteiger partial charge is 0.331 e. The SMILES string of the molecule is C[C@@H](NC(=O)N1CCC(c2ccn(C)c(=O)c2)CC1)c1ccc(Cl)cc1. The minimum Gasteiger partial charge on any atom is -0.331 e. The summed E-state index contributed by atoms with van der Waals surface area (Å²) in [4.78, 5) is 26.2. The van der Waals surface area contributed by atoms with Gasteiger partial charge >= 0.3 is 6.03 Å².